The third-order valence-corrected chi connectivity index (χ3v) is 3.04. The Hall–Kier alpha value is -0.710. The lowest BCUT2D eigenvalue weighted by atomic mass is 10.00. The van der Waals surface area contributed by atoms with Crippen LogP contribution in [0.4, 0.5) is 39.5 Å². The van der Waals surface area contributed by atoms with E-state index in [-0.39, 0.29) is 0 Å². The Kier molecular flexibility index (Phi) is 5.64. The number of hydrogen-bond donors (Lipinski definition) is 0. The van der Waals surface area contributed by atoms with Gasteiger partial charge in [-0.1, -0.05) is 0 Å². The minimum Gasteiger partial charge on any atom is -0.353 e. The van der Waals surface area contributed by atoms with Gasteiger partial charge in [0.15, 0.2) is 6.29 Å². The molecule has 11 heteroatoms. The van der Waals surface area contributed by atoms with Crippen LogP contribution in [0.25, 0.3) is 0 Å². The van der Waals surface area contributed by atoms with Gasteiger partial charge in [-0.2, -0.15) is 39.5 Å². The van der Waals surface area contributed by atoms with Gasteiger partial charge in [0, 0.05) is 26.1 Å². The van der Waals surface area contributed by atoms with Crippen molar-refractivity contribution in [1.29, 1.82) is 0 Å². The largest absolute Gasteiger partial charge is 0.460 e. The Morgan fingerprint density at radius 3 is 1.95 bits per heavy atom. The molecule has 1 unspecified atom stereocenters. The van der Waals surface area contributed by atoms with Gasteiger partial charge in [-0.15, -0.1) is 0 Å². The number of hydrogen-bond acceptors (Lipinski definition) is 2. The van der Waals surface area contributed by atoms with Crippen molar-refractivity contribution in [3.8, 4) is 0 Å². The smallest absolute Gasteiger partial charge is 0.353 e. The van der Waals surface area contributed by atoms with E-state index in [4.69, 9.17) is 9.47 Å². The van der Waals surface area contributed by atoms with Crippen LogP contribution in [0.1, 0.15) is 25.7 Å². The summed E-state index contributed by atoms with van der Waals surface area (Å²) < 4.78 is 122. The number of ether oxygens (including phenoxy) is 2. The molecule has 0 bridgehead atoms. The molecule has 0 aromatic carbocycles. The normalized spacial score (nSPS) is 21.4. The van der Waals surface area contributed by atoms with Gasteiger partial charge in [0.25, 0.3) is 0 Å². The maximum atomic E-state index is 13.1. The van der Waals surface area contributed by atoms with E-state index in [1.807, 2.05) is 0 Å². The quantitative estimate of drug-likeness (QED) is 0.502. The van der Waals surface area contributed by atoms with Crippen LogP contribution in [0.15, 0.2) is 0 Å². The summed E-state index contributed by atoms with van der Waals surface area (Å²) in [6.07, 6.45) is -9.08. The monoisotopic (exact) mass is 348 g/mol. The summed E-state index contributed by atoms with van der Waals surface area (Å²) in [6, 6.07) is 0. The fourth-order valence-electron chi connectivity index (χ4n) is 1.75. The van der Waals surface area contributed by atoms with Crippen molar-refractivity contribution in [2.24, 2.45) is 0 Å². The highest BCUT2D eigenvalue weighted by Gasteiger charge is 2.81. The summed E-state index contributed by atoms with van der Waals surface area (Å²) in [7, 11) is 0. The molecule has 0 aliphatic carbocycles. The van der Waals surface area contributed by atoms with E-state index in [0.29, 0.717) is 19.4 Å². The van der Waals surface area contributed by atoms with Crippen molar-refractivity contribution in [2.45, 2.75) is 55.9 Å². The molecular weight excluding hydrogens is 335 g/mol. The molecular formula is C11H13F9O2. The van der Waals surface area contributed by atoms with Gasteiger partial charge in [-0.25, -0.2) is 0 Å². The summed E-state index contributed by atoms with van der Waals surface area (Å²) in [5.41, 5.74) is 0. The standard InChI is InChI=1S/C11H13F9O2/c12-8(13,4-2-6-22-7-3-1-5-21-7)9(14,15)10(16,17)11(18,19)20/h7H,1-6H2. The Bertz CT molecular complexity index is 361. The van der Waals surface area contributed by atoms with Crippen molar-refractivity contribution in [3.63, 3.8) is 0 Å². The van der Waals surface area contributed by atoms with E-state index in [2.05, 4.69) is 0 Å². The summed E-state index contributed by atoms with van der Waals surface area (Å²) in [5, 5.41) is 0. The lowest BCUT2D eigenvalue weighted by Crippen LogP contribution is -2.60. The van der Waals surface area contributed by atoms with Gasteiger partial charge in [0.1, 0.15) is 0 Å². The zero-order chi connectivity index (χ0) is 17.2. The molecule has 132 valence electrons. The molecule has 1 rings (SSSR count). The Morgan fingerprint density at radius 1 is 0.909 bits per heavy atom. The van der Waals surface area contributed by atoms with Crippen LogP contribution in [0.5, 0.6) is 0 Å². The Morgan fingerprint density at radius 2 is 1.50 bits per heavy atom. The summed E-state index contributed by atoms with van der Waals surface area (Å²) in [4.78, 5) is 0. The zero-order valence-corrected chi connectivity index (χ0v) is 11.0. The molecule has 0 spiro atoms. The highest BCUT2D eigenvalue weighted by molar-refractivity contribution is 5.00. The average Bonchev–Trinajstić information content (AvgIpc) is 2.85. The fraction of sp³-hybridized carbons (Fsp3) is 1.00. The van der Waals surface area contributed by atoms with E-state index in [1.54, 1.807) is 0 Å². The first-order valence-electron chi connectivity index (χ1n) is 6.26. The van der Waals surface area contributed by atoms with Crippen LogP contribution in [-0.4, -0.2) is 43.4 Å². The van der Waals surface area contributed by atoms with Crippen molar-refractivity contribution >= 4 is 0 Å². The molecule has 22 heavy (non-hydrogen) atoms. The van der Waals surface area contributed by atoms with E-state index in [9.17, 15) is 39.5 Å². The molecule has 2 nitrogen and oxygen atoms in total. The van der Waals surface area contributed by atoms with Gasteiger partial charge in [-0.05, 0) is 12.8 Å². The predicted molar refractivity (Wildman–Crippen MR) is 55.1 cm³/mol. The molecule has 1 aliphatic rings. The molecule has 0 radical (unpaired) electrons. The maximum Gasteiger partial charge on any atom is 0.460 e. The Balaban J connectivity index is 2.59. The van der Waals surface area contributed by atoms with Crippen LogP contribution in [-0.2, 0) is 9.47 Å². The molecule has 0 N–H and O–H groups in total. The van der Waals surface area contributed by atoms with Crippen molar-refractivity contribution in [1.82, 2.24) is 0 Å². The minimum atomic E-state index is -6.83. The minimum absolute atomic E-state index is 0.372. The van der Waals surface area contributed by atoms with E-state index in [0.717, 1.165) is 0 Å². The lowest BCUT2D eigenvalue weighted by Gasteiger charge is -2.33. The molecule has 0 aromatic heterocycles. The second kappa shape index (κ2) is 6.42. The van der Waals surface area contributed by atoms with Crippen molar-refractivity contribution < 1.29 is 49.0 Å². The predicted octanol–water partition coefficient (Wildman–Crippen LogP) is 4.39. The highest BCUT2D eigenvalue weighted by atomic mass is 19.4. The molecule has 0 amide bonds. The molecule has 0 aromatic rings. The first kappa shape index (κ1) is 19.3. The SMILES string of the molecule is FC(F)(F)C(F)(F)C(F)(F)C(F)(F)CCCOC1CCCO1. The van der Waals surface area contributed by atoms with E-state index < -0.39 is 49.7 Å². The molecule has 1 atom stereocenters. The number of alkyl halides is 9. The third-order valence-electron chi connectivity index (χ3n) is 3.04. The van der Waals surface area contributed by atoms with Crippen LogP contribution in [0.3, 0.4) is 0 Å². The summed E-state index contributed by atoms with van der Waals surface area (Å²) in [6.45, 7) is -0.148. The van der Waals surface area contributed by atoms with E-state index in [1.165, 1.54) is 0 Å². The second-order valence-electron chi connectivity index (χ2n) is 4.77. The first-order valence-corrected chi connectivity index (χ1v) is 6.26. The lowest BCUT2D eigenvalue weighted by molar-refractivity contribution is -0.396. The van der Waals surface area contributed by atoms with Gasteiger partial charge >= 0.3 is 23.9 Å². The van der Waals surface area contributed by atoms with Crippen LogP contribution < -0.4 is 0 Å². The molecule has 1 aliphatic heterocycles. The van der Waals surface area contributed by atoms with Gasteiger partial charge < -0.3 is 9.47 Å². The average molecular weight is 348 g/mol. The Labute approximate surface area is 119 Å². The topological polar surface area (TPSA) is 18.5 Å². The van der Waals surface area contributed by atoms with Gasteiger partial charge in [0.05, 0.1) is 0 Å². The molecule has 1 saturated heterocycles. The number of halogens is 9. The fourth-order valence-corrected chi connectivity index (χ4v) is 1.75. The maximum absolute atomic E-state index is 13.1. The number of rotatable bonds is 7. The van der Waals surface area contributed by atoms with Crippen LogP contribution >= 0.6 is 0 Å². The van der Waals surface area contributed by atoms with Gasteiger partial charge in [0.2, 0.25) is 0 Å². The summed E-state index contributed by atoms with van der Waals surface area (Å²) >= 11 is 0. The zero-order valence-electron chi connectivity index (χ0n) is 11.0. The van der Waals surface area contributed by atoms with Gasteiger partial charge in [-0.3, -0.25) is 0 Å². The summed E-state index contributed by atoms with van der Waals surface area (Å²) in [5.74, 6) is -18.9. The first-order chi connectivity index (χ1) is 9.83. The van der Waals surface area contributed by atoms with Crippen LogP contribution in [0.2, 0.25) is 0 Å². The van der Waals surface area contributed by atoms with Crippen LogP contribution in [0, 0.1) is 0 Å². The molecule has 0 saturated carbocycles. The highest BCUT2D eigenvalue weighted by Crippen LogP contribution is 2.54. The van der Waals surface area contributed by atoms with E-state index >= 15 is 0 Å². The third kappa shape index (κ3) is 3.79. The van der Waals surface area contributed by atoms with Crippen molar-refractivity contribution in [2.75, 3.05) is 13.2 Å². The molecule has 1 heterocycles. The second-order valence-corrected chi connectivity index (χ2v) is 4.77. The molecule has 1 fully saturated rings. The van der Waals surface area contributed by atoms with Crippen molar-refractivity contribution in [3.05, 3.63) is 0 Å².